The molecule has 1 aliphatic rings. The van der Waals surface area contributed by atoms with Crippen molar-refractivity contribution in [2.24, 2.45) is 0 Å². The first-order chi connectivity index (χ1) is 10.5. The van der Waals surface area contributed by atoms with Crippen molar-refractivity contribution in [1.82, 2.24) is 9.55 Å². The van der Waals surface area contributed by atoms with E-state index >= 15 is 0 Å². The Bertz CT molecular complexity index is 626. The van der Waals surface area contributed by atoms with Crippen LogP contribution in [0.4, 0.5) is 5.69 Å². The molecule has 1 saturated heterocycles. The summed E-state index contributed by atoms with van der Waals surface area (Å²) < 4.78 is 7.94. The lowest BCUT2D eigenvalue weighted by Crippen LogP contribution is -2.21. The van der Waals surface area contributed by atoms with E-state index in [2.05, 4.69) is 52.3 Å². The Balaban J connectivity index is 1.64. The number of hydrogen-bond donors (Lipinski definition) is 0. The molecule has 0 unspecified atom stereocenters. The van der Waals surface area contributed by atoms with Crippen LogP contribution in [-0.2, 0) is 11.5 Å². The molecule has 120 valence electrons. The highest BCUT2D eigenvalue weighted by molar-refractivity contribution is 6.76. The third kappa shape index (κ3) is 3.70. The van der Waals surface area contributed by atoms with Gasteiger partial charge in [-0.2, -0.15) is 0 Å². The summed E-state index contributed by atoms with van der Waals surface area (Å²) in [7, 11) is -1.01. The first-order valence-corrected chi connectivity index (χ1v) is 12.0. The molecule has 5 heteroatoms. The van der Waals surface area contributed by atoms with Gasteiger partial charge < -0.3 is 14.2 Å². The van der Waals surface area contributed by atoms with E-state index in [0.29, 0.717) is 6.73 Å². The van der Waals surface area contributed by atoms with Gasteiger partial charge in [-0.1, -0.05) is 19.6 Å². The highest BCUT2D eigenvalue weighted by Crippen LogP contribution is 2.24. The van der Waals surface area contributed by atoms with E-state index in [9.17, 15) is 0 Å². The van der Waals surface area contributed by atoms with Crippen LogP contribution in [0.3, 0.4) is 0 Å². The number of imidazole rings is 1. The topological polar surface area (TPSA) is 30.3 Å². The van der Waals surface area contributed by atoms with Crippen LogP contribution in [0.15, 0.2) is 24.5 Å². The minimum absolute atomic E-state index is 0.601. The van der Waals surface area contributed by atoms with Crippen LogP contribution in [0.5, 0.6) is 0 Å². The second-order valence-corrected chi connectivity index (χ2v) is 13.1. The van der Waals surface area contributed by atoms with Crippen molar-refractivity contribution in [3.8, 4) is 0 Å². The lowest BCUT2D eigenvalue weighted by atomic mass is 10.2. The molecule has 3 rings (SSSR count). The maximum absolute atomic E-state index is 5.84. The molecule has 0 radical (unpaired) electrons. The van der Waals surface area contributed by atoms with Crippen LogP contribution >= 0.6 is 0 Å². The fraction of sp³-hybridized carbons (Fsp3) is 0.588. The summed E-state index contributed by atoms with van der Waals surface area (Å²) >= 11 is 0. The van der Waals surface area contributed by atoms with Gasteiger partial charge in [0.25, 0.3) is 0 Å². The highest BCUT2D eigenvalue weighted by atomic mass is 28.3. The molecule has 2 aromatic rings. The first-order valence-electron chi connectivity index (χ1n) is 8.30. The molecule has 0 N–H and O–H groups in total. The number of hydrogen-bond acceptors (Lipinski definition) is 3. The quantitative estimate of drug-likeness (QED) is 0.597. The predicted molar refractivity (Wildman–Crippen MR) is 95.3 cm³/mol. The van der Waals surface area contributed by atoms with Gasteiger partial charge in [0.2, 0.25) is 0 Å². The van der Waals surface area contributed by atoms with Crippen molar-refractivity contribution in [1.29, 1.82) is 0 Å². The zero-order chi connectivity index (χ0) is 15.6. The van der Waals surface area contributed by atoms with Gasteiger partial charge in [0.05, 0.1) is 17.4 Å². The maximum atomic E-state index is 5.84. The number of benzene rings is 1. The molecule has 0 amide bonds. The molecule has 2 heterocycles. The van der Waals surface area contributed by atoms with Gasteiger partial charge in [0.1, 0.15) is 6.73 Å². The van der Waals surface area contributed by atoms with E-state index in [4.69, 9.17) is 4.74 Å². The number of fused-ring (bicyclic) bond motifs is 1. The molecule has 22 heavy (non-hydrogen) atoms. The third-order valence-electron chi connectivity index (χ3n) is 4.30. The fourth-order valence-corrected chi connectivity index (χ4v) is 3.63. The van der Waals surface area contributed by atoms with Gasteiger partial charge in [-0.25, -0.2) is 4.98 Å². The van der Waals surface area contributed by atoms with Crippen LogP contribution in [-0.4, -0.2) is 37.3 Å². The Morgan fingerprint density at radius 3 is 2.68 bits per heavy atom. The van der Waals surface area contributed by atoms with Crippen molar-refractivity contribution >= 4 is 24.8 Å². The summed E-state index contributed by atoms with van der Waals surface area (Å²) in [6, 6.07) is 7.81. The third-order valence-corrected chi connectivity index (χ3v) is 6.01. The van der Waals surface area contributed by atoms with Crippen molar-refractivity contribution in [3.05, 3.63) is 24.5 Å². The molecule has 1 aliphatic heterocycles. The van der Waals surface area contributed by atoms with E-state index < -0.39 is 8.07 Å². The average molecular weight is 318 g/mol. The molecule has 4 nitrogen and oxygen atoms in total. The Morgan fingerprint density at radius 2 is 1.95 bits per heavy atom. The smallest absolute Gasteiger partial charge is 0.124 e. The lowest BCUT2D eigenvalue weighted by molar-refractivity contribution is 0.0898. The summed E-state index contributed by atoms with van der Waals surface area (Å²) in [4.78, 5) is 6.99. The predicted octanol–water partition coefficient (Wildman–Crippen LogP) is 3.95. The maximum Gasteiger partial charge on any atom is 0.124 e. The molecular formula is C17H27N3OSi. The number of nitrogens with zero attached hydrogens (tertiary/aromatic N) is 3. The normalized spacial score (nSPS) is 15.9. The van der Waals surface area contributed by atoms with Crippen molar-refractivity contribution in [2.45, 2.75) is 45.3 Å². The second kappa shape index (κ2) is 6.42. The zero-order valence-corrected chi connectivity index (χ0v) is 15.0. The van der Waals surface area contributed by atoms with Gasteiger partial charge in [-0.15, -0.1) is 0 Å². The Kier molecular flexibility index (Phi) is 4.54. The number of anilines is 1. The first kappa shape index (κ1) is 15.6. The number of rotatable bonds is 6. The molecule has 0 saturated carbocycles. The van der Waals surface area contributed by atoms with Gasteiger partial charge in [-0.3, -0.25) is 0 Å². The molecule has 0 atom stereocenters. The van der Waals surface area contributed by atoms with E-state index in [-0.39, 0.29) is 0 Å². The van der Waals surface area contributed by atoms with E-state index in [1.54, 1.807) is 0 Å². The van der Waals surface area contributed by atoms with Gasteiger partial charge in [0, 0.05) is 33.5 Å². The molecule has 0 bridgehead atoms. The zero-order valence-electron chi connectivity index (χ0n) is 14.0. The van der Waals surface area contributed by atoms with Gasteiger partial charge in [-0.05, 0) is 37.1 Å². The largest absolute Gasteiger partial charge is 0.371 e. The Morgan fingerprint density at radius 1 is 1.18 bits per heavy atom. The molecule has 1 aromatic heterocycles. The van der Waals surface area contributed by atoms with Crippen molar-refractivity contribution in [2.75, 3.05) is 24.6 Å². The van der Waals surface area contributed by atoms with Crippen molar-refractivity contribution in [3.63, 3.8) is 0 Å². The van der Waals surface area contributed by atoms with E-state index in [0.717, 1.165) is 17.6 Å². The van der Waals surface area contributed by atoms with Crippen LogP contribution in [0.1, 0.15) is 12.8 Å². The SMILES string of the molecule is C[Si](C)(C)CCOCn1cnc2cc(N3CCCC3)ccc21. The number of aromatic nitrogens is 2. The molecular weight excluding hydrogens is 290 g/mol. The molecule has 0 spiro atoms. The average Bonchev–Trinajstić information content (AvgIpc) is 3.12. The van der Waals surface area contributed by atoms with Crippen LogP contribution in [0.2, 0.25) is 25.7 Å². The minimum atomic E-state index is -1.01. The fourth-order valence-electron chi connectivity index (χ4n) is 2.87. The monoisotopic (exact) mass is 317 g/mol. The number of ether oxygens (including phenoxy) is 1. The Labute approximate surface area is 134 Å². The minimum Gasteiger partial charge on any atom is -0.371 e. The molecule has 0 aliphatic carbocycles. The summed E-state index contributed by atoms with van der Waals surface area (Å²) in [5.74, 6) is 0. The van der Waals surface area contributed by atoms with Crippen LogP contribution in [0.25, 0.3) is 11.0 Å². The molecule has 1 aromatic carbocycles. The van der Waals surface area contributed by atoms with Gasteiger partial charge in [0.15, 0.2) is 0 Å². The molecule has 1 fully saturated rings. The van der Waals surface area contributed by atoms with Crippen LogP contribution in [0, 0.1) is 0 Å². The highest BCUT2D eigenvalue weighted by Gasteiger charge is 2.14. The van der Waals surface area contributed by atoms with E-state index in [1.807, 2.05) is 6.33 Å². The van der Waals surface area contributed by atoms with E-state index in [1.165, 1.54) is 37.7 Å². The van der Waals surface area contributed by atoms with Gasteiger partial charge >= 0.3 is 0 Å². The Hall–Kier alpha value is -1.33. The summed E-state index contributed by atoms with van der Waals surface area (Å²) in [5.41, 5.74) is 3.53. The van der Waals surface area contributed by atoms with Crippen LogP contribution < -0.4 is 4.90 Å². The summed E-state index contributed by atoms with van der Waals surface area (Å²) in [5, 5.41) is 0. The summed E-state index contributed by atoms with van der Waals surface area (Å²) in [6.07, 6.45) is 4.50. The standard InChI is InChI=1S/C17H27N3OSi/c1-22(2,3)11-10-21-14-20-13-18-16-12-15(6-7-17(16)20)19-8-4-5-9-19/h6-7,12-13H,4-5,8-11,14H2,1-3H3. The second-order valence-electron chi connectivity index (χ2n) is 7.43. The summed E-state index contributed by atoms with van der Waals surface area (Å²) in [6.45, 7) is 10.9. The lowest BCUT2D eigenvalue weighted by Gasteiger charge is -2.17. The van der Waals surface area contributed by atoms with Crippen molar-refractivity contribution < 1.29 is 4.74 Å².